The Labute approximate surface area is 119 Å². The van der Waals surface area contributed by atoms with Crippen LogP contribution in [0.25, 0.3) is 6.08 Å². The molecular formula is C13H13N3O5. The summed E-state index contributed by atoms with van der Waals surface area (Å²) in [6.45, 7) is -0.268. The molecule has 2 rings (SSSR count). The Balaban J connectivity index is 2.28. The highest BCUT2D eigenvalue weighted by atomic mass is 16.5. The fourth-order valence-electron chi connectivity index (χ4n) is 1.96. The molecule has 3 amide bonds. The van der Waals surface area contributed by atoms with Crippen LogP contribution in [-0.2, 0) is 9.59 Å². The van der Waals surface area contributed by atoms with Gasteiger partial charge in [-0.25, -0.2) is 10.3 Å². The molecule has 1 aromatic rings. The number of nitrogens with zero attached hydrogens (tertiary/aromatic N) is 2. The van der Waals surface area contributed by atoms with Crippen molar-refractivity contribution in [2.45, 2.75) is 0 Å². The Hall–Kier alpha value is -2.87. The minimum absolute atomic E-state index is 0.0643. The second-order valence-corrected chi connectivity index (χ2v) is 4.31. The first-order valence-electron chi connectivity index (χ1n) is 6.02. The van der Waals surface area contributed by atoms with Crippen molar-refractivity contribution in [1.29, 1.82) is 0 Å². The first kappa shape index (κ1) is 14.5. The molecule has 1 heterocycles. The van der Waals surface area contributed by atoms with E-state index < -0.39 is 12.0 Å². The van der Waals surface area contributed by atoms with Crippen molar-refractivity contribution in [2.24, 2.45) is 0 Å². The molecule has 110 valence electrons. The summed E-state index contributed by atoms with van der Waals surface area (Å²) in [5, 5.41) is 17.4. The van der Waals surface area contributed by atoms with E-state index in [0.29, 0.717) is 11.3 Å². The SMILES string of the molecule is O=C(/C=C/c1ccccc1N1CN(C(=O)O)CC1=O)NO. The van der Waals surface area contributed by atoms with Crippen molar-refractivity contribution >= 4 is 29.7 Å². The lowest BCUT2D eigenvalue weighted by atomic mass is 10.1. The van der Waals surface area contributed by atoms with Gasteiger partial charge in [0.1, 0.15) is 13.2 Å². The van der Waals surface area contributed by atoms with Crippen molar-refractivity contribution in [3.05, 3.63) is 35.9 Å². The molecule has 1 saturated heterocycles. The molecule has 1 aliphatic heterocycles. The zero-order valence-electron chi connectivity index (χ0n) is 10.9. The highest BCUT2D eigenvalue weighted by Crippen LogP contribution is 2.25. The molecule has 0 bridgehead atoms. The normalized spacial score (nSPS) is 14.8. The van der Waals surface area contributed by atoms with E-state index in [1.165, 1.54) is 16.5 Å². The van der Waals surface area contributed by atoms with Gasteiger partial charge in [-0.1, -0.05) is 18.2 Å². The second-order valence-electron chi connectivity index (χ2n) is 4.31. The van der Waals surface area contributed by atoms with E-state index in [1.807, 2.05) is 0 Å². The number of hydrogen-bond acceptors (Lipinski definition) is 4. The van der Waals surface area contributed by atoms with Crippen molar-refractivity contribution in [2.75, 3.05) is 18.1 Å². The summed E-state index contributed by atoms with van der Waals surface area (Å²) < 4.78 is 0. The lowest BCUT2D eigenvalue weighted by molar-refractivity contribution is -0.124. The molecule has 1 aliphatic rings. The number of hydroxylamine groups is 1. The molecule has 1 aromatic carbocycles. The molecule has 0 radical (unpaired) electrons. The van der Waals surface area contributed by atoms with Crippen LogP contribution >= 0.6 is 0 Å². The quantitative estimate of drug-likeness (QED) is 0.426. The average molecular weight is 291 g/mol. The van der Waals surface area contributed by atoms with Gasteiger partial charge in [0.2, 0.25) is 5.91 Å². The number of carbonyl (C=O) groups excluding carboxylic acids is 2. The number of carbonyl (C=O) groups is 3. The van der Waals surface area contributed by atoms with Crippen LogP contribution in [0.4, 0.5) is 10.5 Å². The number of carboxylic acid groups (broad SMARTS) is 1. The van der Waals surface area contributed by atoms with Crippen LogP contribution in [0.3, 0.4) is 0 Å². The smallest absolute Gasteiger partial charge is 0.409 e. The Morgan fingerprint density at radius 1 is 1.29 bits per heavy atom. The van der Waals surface area contributed by atoms with Gasteiger partial charge in [-0.15, -0.1) is 0 Å². The second kappa shape index (κ2) is 6.06. The predicted molar refractivity (Wildman–Crippen MR) is 72.5 cm³/mol. The molecule has 0 unspecified atom stereocenters. The molecular weight excluding hydrogens is 278 g/mol. The van der Waals surface area contributed by atoms with Crippen molar-refractivity contribution < 1.29 is 24.7 Å². The van der Waals surface area contributed by atoms with Crippen molar-refractivity contribution in [3.63, 3.8) is 0 Å². The van der Waals surface area contributed by atoms with Gasteiger partial charge >= 0.3 is 6.09 Å². The topological polar surface area (TPSA) is 110 Å². The first-order valence-corrected chi connectivity index (χ1v) is 6.02. The highest BCUT2D eigenvalue weighted by molar-refractivity contribution is 6.01. The van der Waals surface area contributed by atoms with Gasteiger partial charge in [0.15, 0.2) is 0 Å². The van der Waals surface area contributed by atoms with Gasteiger partial charge < -0.3 is 5.11 Å². The number of rotatable bonds is 3. The number of amides is 3. The largest absolute Gasteiger partial charge is 0.465 e. The summed E-state index contributed by atoms with van der Waals surface area (Å²) in [4.78, 5) is 36.2. The van der Waals surface area contributed by atoms with Crippen LogP contribution in [-0.4, -0.2) is 46.3 Å². The first-order chi connectivity index (χ1) is 10.0. The number of benzene rings is 1. The predicted octanol–water partition coefficient (Wildman–Crippen LogP) is 0.489. The monoisotopic (exact) mass is 291 g/mol. The summed E-state index contributed by atoms with van der Waals surface area (Å²) in [5.41, 5.74) is 2.51. The average Bonchev–Trinajstić information content (AvgIpc) is 2.87. The lowest BCUT2D eigenvalue weighted by Crippen LogP contribution is -2.30. The van der Waals surface area contributed by atoms with Crippen LogP contribution in [0.1, 0.15) is 5.56 Å². The van der Waals surface area contributed by atoms with Crippen LogP contribution in [0.5, 0.6) is 0 Å². The number of para-hydroxylation sites is 1. The van der Waals surface area contributed by atoms with E-state index in [2.05, 4.69) is 0 Å². The van der Waals surface area contributed by atoms with Crippen LogP contribution in [0.15, 0.2) is 30.3 Å². The fourth-order valence-corrected chi connectivity index (χ4v) is 1.96. The maximum atomic E-state index is 11.9. The van der Waals surface area contributed by atoms with Gasteiger partial charge in [0.05, 0.1) is 5.69 Å². The standard InChI is InChI=1S/C13H13N3O5/c17-11(14-21)6-5-9-3-1-2-4-10(9)16-8-15(13(19)20)7-12(16)18/h1-6,21H,7-8H2,(H,14,17)(H,19,20)/b6-5+. The summed E-state index contributed by atoms with van der Waals surface area (Å²) in [5.74, 6) is -1.05. The molecule has 0 saturated carbocycles. The molecule has 1 fully saturated rings. The van der Waals surface area contributed by atoms with Crippen LogP contribution in [0, 0.1) is 0 Å². The summed E-state index contributed by atoms with van der Waals surface area (Å²) in [7, 11) is 0. The van der Waals surface area contributed by atoms with Crippen molar-refractivity contribution in [3.8, 4) is 0 Å². The van der Waals surface area contributed by atoms with E-state index >= 15 is 0 Å². The van der Waals surface area contributed by atoms with Gasteiger partial charge in [-0.05, 0) is 17.7 Å². The van der Waals surface area contributed by atoms with E-state index in [9.17, 15) is 14.4 Å². The molecule has 0 aromatic heterocycles. The van der Waals surface area contributed by atoms with E-state index in [0.717, 1.165) is 11.0 Å². The Bertz CT molecular complexity index is 614. The van der Waals surface area contributed by atoms with E-state index in [-0.39, 0.29) is 19.1 Å². The summed E-state index contributed by atoms with van der Waals surface area (Å²) in [6, 6.07) is 6.75. The maximum Gasteiger partial charge on any atom is 0.409 e. The molecule has 0 atom stereocenters. The molecule has 8 nitrogen and oxygen atoms in total. The Morgan fingerprint density at radius 3 is 2.62 bits per heavy atom. The third kappa shape index (κ3) is 3.18. The molecule has 21 heavy (non-hydrogen) atoms. The minimum atomic E-state index is -1.17. The maximum absolute atomic E-state index is 11.9. The van der Waals surface area contributed by atoms with Crippen LogP contribution in [0.2, 0.25) is 0 Å². The summed E-state index contributed by atoms with van der Waals surface area (Å²) in [6.07, 6.45) is 1.37. The zero-order valence-corrected chi connectivity index (χ0v) is 10.9. The molecule has 3 N–H and O–H groups in total. The minimum Gasteiger partial charge on any atom is -0.465 e. The van der Waals surface area contributed by atoms with E-state index in [4.69, 9.17) is 10.3 Å². The highest BCUT2D eigenvalue weighted by Gasteiger charge is 2.32. The molecule has 8 heteroatoms. The third-order valence-corrected chi connectivity index (χ3v) is 2.96. The zero-order chi connectivity index (χ0) is 15.4. The Morgan fingerprint density at radius 2 is 2.00 bits per heavy atom. The molecule has 0 spiro atoms. The number of nitrogens with one attached hydrogen (secondary N) is 1. The molecule has 0 aliphatic carbocycles. The fraction of sp³-hybridized carbons (Fsp3) is 0.154. The number of anilines is 1. The third-order valence-electron chi connectivity index (χ3n) is 2.96. The van der Waals surface area contributed by atoms with Gasteiger partial charge in [0.25, 0.3) is 5.91 Å². The van der Waals surface area contributed by atoms with Gasteiger partial charge in [-0.2, -0.15) is 0 Å². The van der Waals surface area contributed by atoms with Crippen molar-refractivity contribution in [1.82, 2.24) is 10.4 Å². The van der Waals surface area contributed by atoms with E-state index in [1.54, 1.807) is 24.3 Å². The Kier molecular flexibility index (Phi) is 4.19. The van der Waals surface area contributed by atoms with Gasteiger partial charge in [0, 0.05) is 6.08 Å². The van der Waals surface area contributed by atoms with Crippen LogP contribution < -0.4 is 10.4 Å². The lowest BCUT2D eigenvalue weighted by Gasteiger charge is -2.18. The van der Waals surface area contributed by atoms with Gasteiger partial charge in [-0.3, -0.25) is 24.6 Å². The summed E-state index contributed by atoms with van der Waals surface area (Å²) >= 11 is 0. The number of hydrogen-bond donors (Lipinski definition) is 3.